The average molecular weight is 346 g/mol. The molecule has 4 heteroatoms. The Kier molecular flexibility index (Phi) is 5.99. The zero-order chi connectivity index (χ0) is 18.2. The van der Waals surface area contributed by atoms with Gasteiger partial charge in [-0.25, -0.2) is 0 Å². The second kappa shape index (κ2) is 8.81. The molecule has 0 saturated heterocycles. The van der Waals surface area contributed by atoms with Crippen molar-refractivity contribution in [2.45, 2.75) is 18.9 Å². The van der Waals surface area contributed by atoms with E-state index in [9.17, 15) is 4.79 Å². The highest BCUT2D eigenvalue weighted by atomic mass is 16.5. The highest BCUT2D eigenvalue weighted by Crippen LogP contribution is 2.22. The van der Waals surface area contributed by atoms with Crippen molar-refractivity contribution >= 4 is 5.91 Å². The third-order valence-electron chi connectivity index (χ3n) is 4.30. The first-order chi connectivity index (χ1) is 12.8. The van der Waals surface area contributed by atoms with Crippen LogP contribution in [0.5, 0.6) is 5.75 Å². The third-order valence-corrected chi connectivity index (χ3v) is 4.30. The molecule has 0 bridgehead atoms. The van der Waals surface area contributed by atoms with Crippen LogP contribution in [0, 0.1) is 0 Å². The maximum atomic E-state index is 12.9. The van der Waals surface area contributed by atoms with E-state index in [-0.39, 0.29) is 11.8 Å². The van der Waals surface area contributed by atoms with Gasteiger partial charge < -0.3 is 10.1 Å². The topological polar surface area (TPSA) is 51.2 Å². The Morgan fingerprint density at radius 3 is 2.46 bits per heavy atom. The Bertz CT molecular complexity index is 835. The smallest absolute Gasteiger partial charge is 0.228 e. The van der Waals surface area contributed by atoms with Crippen LogP contribution in [0.4, 0.5) is 0 Å². The number of pyridine rings is 1. The van der Waals surface area contributed by atoms with E-state index in [0.717, 1.165) is 22.6 Å². The van der Waals surface area contributed by atoms with E-state index in [1.807, 2.05) is 72.8 Å². The molecule has 1 unspecified atom stereocenters. The predicted octanol–water partition coefficient (Wildman–Crippen LogP) is 3.73. The molecule has 0 aliphatic heterocycles. The lowest BCUT2D eigenvalue weighted by molar-refractivity contribution is -0.122. The standard InChI is InChI=1S/C22H22N2O2/c1-26-21-13-6-5-11-18(21)16-24-22(25)20(17-9-3-2-4-10-17)15-19-12-7-8-14-23-19/h2-14,20H,15-16H2,1H3,(H,24,25). The maximum Gasteiger partial charge on any atom is 0.228 e. The van der Waals surface area contributed by atoms with Gasteiger partial charge in [-0.3, -0.25) is 9.78 Å². The second-order valence-electron chi connectivity index (χ2n) is 6.02. The molecule has 26 heavy (non-hydrogen) atoms. The van der Waals surface area contributed by atoms with E-state index in [1.54, 1.807) is 13.3 Å². The molecule has 1 heterocycles. The molecule has 0 saturated carbocycles. The maximum absolute atomic E-state index is 12.9. The van der Waals surface area contributed by atoms with E-state index in [0.29, 0.717) is 13.0 Å². The number of nitrogens with zero attached hydrogens (tertiary/aromatic N) is 1. The number of aromatic nitrogens is 1. The summed E-state index contributed by atoms with van der Waals surface area (Å²) >= 11 is 0. The zero-order valence-corrected chi connectivity index (χ0v) is 14.8. The number of carbonyl (C=O) groups excluding carboxylic acids is 1. The first-order valence-corrected chi connectivity index (χ1v) is 8.62. The molecule has 0 aliphatic carbocycles. The molecular weight excluding hydrogens is 324 g/mol. The predicted molar refractivity (Wildman–Crippen MR) is 102 cm³/mol. The van der Waals surface area contributed by atoms with Crippen LogP contribution >= 0.6 is 0 Å². The Labute approximate surface area is 153 Å². The molecule has 0 fully saturated rings. The largest absolute Gasteiger partial charge is 0.496 e. The summed E-state index contributed by atoms with van der Waals surface area (Å²) in [5, 5.41) is 3.05. The molecule has 3 aromatic rings. The summed E-state index contributed by atoms with van der Waals surface area (Å²) in [5.74, 6) is 0.461. The minimum Gasteiger partial charge on any atom is -0.496 e. The Hall–Kier alpha value is -3.14. The van der Waals surface area contributed by atoms with Crippen LogP contribution in [0.2, 0.25) is 0 Å². The lowest BCUT2D eigenvalue weighted by Gasteiger charge is -2.18. The molecule has 0 aliphatic rings. The fourth-order valence-corrected chi connectivity index (χ4v) is 2.93. The van der Waals surface area contributed by atoms with Gasteiger partial charge in [0.25, 0.3) is 0 Å². The van der Waals surface area contributed by atoms with Gasteiger partial charge in [0.2, 0.25) is 5.91 Å². The minimum atomic E-state index is -0.291. The van der Waals surface area contributed by atoms with Crippen LogP contribution < -0.4 is 10.1 Å². The summed E-state index contributed by atoms with van der Waals surface area (Å²) in [6.45, 7) is 0.425. The highest BCUT2D eigenvalue weighted by Gasteiger charge is 2.21. The number of amides is 1. The number of ether oxygens (including phenoxy) is 1. The van der Waals surface area contributed by atoms with Crippen LogP contribution in [0.1, 0.15) is 22.7 Å². The Morgan fingerprint density at radius 1 is 1.00 bits per heavy atom. The molecule has 1 atom stereocenters. The van der Waals surface area contributed by atoms with Gasteiger partial charge in [0.05, 0.1) is 13.0 Å². The second-order valence-corrected chi connectivity index (χ2v) is 6.02. The molecule has 3 rings (SSSR count). The molecule has 1 aromatic heterocycles. The van der Waals surface area contributed by atoms with E-state index < -0.39 is 0 Å². The summed E-state index contributed by atoms with van der Waals surface area (Å²) < 4.78 is 5.36. The van der Waals surface area contributed by atoms with Crippen molar-refractivity contribution in [2.75, 3.05) is 7.11 Å². The quantitative estimate of drug-likeness (QED) is 0.709. The number of benzene rings is 2. The number of carbonyl (C=O) groups is 1. The average Bonchev–Trinajstić information content (AvgIpc) is 2.72. The van der Waals surface area contributed by atoms with Gasteiger partial charge in [0, 0.05) is 30.4 Å². The number of hydrogen-bond donors (Lipinski definition) is 1. The molecule has 1 N–H and O–H groups in total. The highest BCUT2D eigenvalue weighted by molar-refractivity contribution is 5.84. The van der Waals surface area contributed by atoms with Gasteiger partial charge in [0.15, 0.2) is 0 Å². The first-order valence-electron chi connectivity index (χ1n) is 8.62. The molecular formula is C22H22N2O2. The third kappa shape index (κ3) is 4.48. The lowest BCUT2D eigenvalue weighted by atomic mass is 9.93. The molecule has 2 aromatic carbocycles. The first kappa shape index (κ1) is 17.7. The number of hydrogen-bond acceptors (Lipinski definition) is 3. The van der Waals surface area contributed by atoms with Crippen molar-refractivity contribution in [2.24, 2.45) is 0 Å². The van der Waals surface area contributed by atoms with E-state index >= 15 is 0 Å². The summed E-state index contributed by atoms with van der Waals surface area (Å²) in [5.41, 5.74) is 2.83. The van der Waals surface area contributed by atoms with Gasteiger partial charge in [-0.15, -0.1) is 0 Å². The van der Waals surface area contributed by atoms with Crippen molar-refractivity contribution in [3.8, 4) is 5.75 Å². The number of para-hydroxylation sites is 1. The zero-order valence-electron chi connectivity index (χ0n) is 14.8. The SMILES string of the molecule is COc1ccccc1CNC(=O)C(Cc1ccccn1)c1ccccc1. The molecule has 0 spiro atoms. The molecule has 0 radical (unpaired) electrons. The van der Waals surface area contributed by atoms with Gasteiger partial charge in [-0.1, -0.05) is 54.6 Å². The Balaban J connectivity index is 1.76. The summed E-state index contributed by atoms with van der Waals surface area (Å²) in [4.78, 5) is 17.3. The number of methoxy groups -OCH3 is 1. The summed E-state index contributed by atoms with van der Waals surface area (Å²) in [6, 6.07) is 23.3. The van der Waals surface area contributed by atoms with Crippen molar-refractivity contribution < 1.29 is 9.53 Å². The normalized spacial score (nSPS) is 11.6. The van der Waals surface area contributed by atoms with Crippen LogP contribution in [0.15, 0.2) is 79.0 Å². The van der Waals surface area contributed by atoms with Crippen molar-refractivity contribution in [1.29, 1.82) is 0 Å². The molecule has 4 nitrogen and oxygen atoms in total. The van der Waals surface area contributed by atoms with Gasteiger partial charge in [0.1, 0.15) is 5.75 Å². The van der Waals surface area contributed by atoms with E-state index in [1.165, 1.54) is 0 Å². The van der Waals surface area contributed by atoms with E-state index in [2.05, 4.69) is 10.3 Å². The van der Waals surface area contributed by atoms with E-state index in [4.69, 9.17) is 4.74 Å². The van der Waals surface area contributed by atoms with Crippen LogP contribution in [-0.4, -0.2) is 18.0 Å². The fourth-order valence-electron chi connectivity index (χ4n) is 2.93. The molecule has 1 amide bonds. The Morgan fingerprint density at radius 2 is 1.73 bits per heavy atom. The van der Waals surface area contributed by atoms with Crippen LogP contribution in [0.25, 0.3) is 0 Å². The van der Waals surface area contributed by atoms with Crippen molar-refractivity contribution in [3.63, 3.8) is 0 Å². The van der Waals surface area contributed by atoms with Crippen molar-refractivity contribution in [1.82, 2.24) is 10.3 Å². The fraction of sp³-hybridized carbons (Fsp3) is 0.182. The van der Waals surface area contributed by atoms with Gasteiger partial charge in [-0.05, 0) is 23.8 Å². The number of nitrogens with one attached hydrogen (secondary N) is 1. The van der Waals surface area contributed by atoms with Gasteiger partial charge >= 0.3 is 0 Å². The minimum absolute atomic E-state index is 0.0206. The summed E-state index contributed by atoms with van der Waals surface area (Å²) in [6.07, 6.45) is 2.31. The number of rotatable bonds is 7. The van der Waals surface area contributed by atoms with Crippen LogP contribution in [0.3, 0.4) is 0 Å². The van der Waals surface area contributed by atoms with Crippen LogP contribution in [-0.2, 0) is 17.8 Å². The van der Waals surface area contributed by atoms with Gasteiger partial charge in [-0.2, -0.15) is 0 Å². The summed E-state index contributed by atoms with van der Waals surface area (Å²) in [7, 11) is 1.63. The lowest BCUT2D eigenvalue weighted by Crippen LogP contribution is -2.30. The molecule has 132 valence electrons. The monoisotopic (exact) mass is 346 g/mol. The van der Waals surface area contributed by atoms with Crippen molar-refractivity contribution in [3.05, 3.63) is 95.8 Å².